The van der Waals surface area contributed by atoms with Gasteiger partial charge in [-0.25, -0.2) is 4.99 Å². The quantitative estimate of drug-likeness (QED) is 0.379. The van der Waals surface area contributed by atoms with Gasteiger partial charge in [-0.3, -0.25) is 5.32 Å². The molecule has 0 radical (unpaired) electrons. The fourth-order valence-corrected chi connectivity index (χ4v) is 1.82. The molecule has 1 aromatic heterocycles. The highest BCUT2D eigenvalue weighted by Gasteiger charge is 2.15. The van der Waals surface area contributed by atoms with Crippen molar-refractivity contribution < 1.29 is 0 Å². The summed E-state index contributed by atoms with van der Waals surface area (Å²) < 4.78 is 0. The van der Waals surface area contributed by atoms with Gasteiger partial charge in [-0.2, -0.15) is 10.5 Å². The van der Waals surface area contributed by atoms with Gasteiger partial charge in [0.25, 0.3) is 0 Å². The number of nitrogens with one attached hydrogen (secondary N) is 2. The maximum Gasteiger partial charge on any atom is 0.210 e. The van der Waals surface area contributed by atoms with E-state index in [0.717, 1.165) is 11.4 Å². The zero-order valence-corrected chi connectivity index (χ0v) is 11.4. The standard InChI is InChI=1S/C12H15N5S/c1-4-12(2,3)17-11(15-8-14)16-10-5-9(6-13)7-18-10/h5,7H,4H2,1-3H3,(H2,15,16,17). The van der Waals surface area contributed by atoms with Crippen LogP contribution in [0.3, 0.4) is 0 Å². The van der Waals surface area contributed by atoms with Crippen molar-refractivity contribution in [1.29, 1.82) is 10.5 Å². The highest BCUT2D eigenvalue weighted by atomic mass is 32.1. The SMILES string of the molecule is CCC(C)(C)N=C(NC#N)Nc1cc(C#N)cs1. The van der Waals surface area contributed by atoms with Gasteiger partial charge in [-0.15, -0.1) is 11.3 Å². The molecular weight excluding hydrogens is 246 g/mol. The molecule has 18 heavy (non-hydrogen) atoms. The molecule has 0 saturated heterocycles. The topological polar surface area (TPSA) is 84.0 Å². The largest absolute Gasteiger partial charge is 0.317 e. The van der Waals surface area contributed by atoms with E-state index < -0.39 is 0 Å². The number of nitriles is 2. The molecule has 0 aliphatic heterocycles. The number of hydrogen-bond donors (Lipinski definition) is 2. The molecule has 1 rings (SSSR count). The van der Waals surface area contributed by atoms with Crippen molar-refractivity contribution in [3.63, 3.8) is 0 Å². The third kappa shape index (κ3) is 4.08. The molecule has 0 aromatic carbocycles. The number of anilines is 1. The molecule has 0 bridgehead atoms. The Morgan fingerprint density at radius 2 is 2.22 bits per heavy atom. The first-order valence-electron chi connectivity index (χ1n) is 5.51. The molecule has 94 valence electrons. The predicted molar refractivity (Wildman–Crippen MR) is 73.2 cm³/mol. The van der Waals surface area contributed by atoms with E-state index in [1.807, 2.05) is 27.0 Å². The van der Waals surface area contributed by atoms with Crippen LogP contribution in [-0.2, 0) is 0 Å². The van der Waals surface area contributed by atoms with E-state index in [9.17, 15) is 0 Å². The van der Waals surface area contributed by atoms with Crippen LogP contribution in [0.1, 0.15) is 32.8 Å². The van der Waals surface area contributed by atoms with Crippen molar-refractivity contribution in [3.8, 4) is 12.3 Å². The molecule has 2 N–H and O–H groups in total. The van der Waals surface area contributed by atoms with E-state index in [0.29, 0.717) is 11.5 Å². The van der Waals surface area contributed by atoms with Gasteiger partial charge in [0.15, 0.2) is 6.19 Å². The molecule has 1 heterocycles. The van der Waals surface area contributed by atoms with Gasteiger partial charge < -0.3 is 5.32 Å². The Morgan fingerprint density at radius 3 is 2.72 bits per heavy atom. The molecule has 0 spiro atoms. The van der Waals surface area contributed by atoms with Crippen LogP contribution in [0.25, 0.3) is 0 Å². The molecule has 0 fully saturated rings. The summed E-state index contributed by atoms with van der Waals surface area (Å²) in [6.45, 7) is 6.01. The lowest BCUT2D eigenvalue weighted by molar-refractivity contribution is 0.503. The summed E-state index contributed by atoms with van der Waals surface area (Å²) in [5.74, 6) is 0.399. The number of hydrogen-bond acceptors (Lipinski definition) is 4. The molecule has 5 nitrogen and oxygen atoms in total. The average Bonchev–Trinajstić information content (AvgIpc) is 2.76. The normalized spacial score (nSPS) is 11.5. The summed E-state index contributed by atoms with van der Waals surface area (Å²) in [6.07, 6.45) is 2.71. The molecule has 0 aliphatic carbocycles. The Balaban J connectivity index is 2.88. The van der Waals surface area contributed by atoms with Crippen LogP contribution in [0, 0.1) is 22.8 Å². The summed E-state index contributed by atoms with van der Waals surface area (Å²) in [7, 11) is 0. The second kappa shape index (κ2) is 6.04. The Kier molecular flexibility index (Phi) is 4.70. The first-order chi connectivity index (χ1) is 8.50. The highest BCUT2D eigenvalue weighted by Crippen LogP contribution is 2.20. The van der Waals surface area contributed by atoms with Crippen LogP contribution in [0.2, 0.25) is 0 Å². The summed E-state index contributed by atoms with van der Waals surface area (Å²) in [6, 6.07) is 3.78. The number of rotatable bonds is 3. The molecule has 1 aromatic rings. The van der Waals surface area contributed by atoms with Crippen molar-refractivity contribution in [1.82, 2.24) is 5.32 Å². The third-order valence-electron chi connectivity index (χ3n) is 2.42. The molecule has 0 amide bonds. The van der Waals surface area contributed by atoms with E-state index in [2.05, 4.69) is 21.7 Å². The fraction of sp³-hybridized carbons (Fsp3) is 0.417. The summed E-state index contributed by atoms with van der Waals surface area (Å²) in [4.78, 5) is 4.44. The lowest BCUT2D eigenvalue weighted by atomic mass is 10.0. The zero-order chi connectivity index (χ0) is 13.6. The zero-order valence-electron chi connectivity index (χ0n) is 10.6. The van der Waals surface area contributed by atoms with Crippen LogP contribution in [-0.4, -0.2) is 11.5 Å². The molecule has 0 atom stereocenters. The number of aliphatic imine (C=N–C) groups is 1. The van der Waals surface area contributed by atoms with Gasteiger partial charge in [0, 0.05) is 5.38 Å². The average molecular weight is 261 g/mol. The third-order valence-corrected chi connectivity index (χ3v) is 3.27. The maximum atomic E-state index is 8.74. The van der Waals surface area contributed by atoms with Gasteiger partial charge in [-0.05, 0) is 26.3 Å². The van der Waals surface area contributed by atoms with Gasteiger partial charge in [-0.1, -0.05) is 6.92 Å². The van der Waals surface area contributed by atoms with Crippen LogP contribution in [0.4, 0.5) is 5.00 Å². The molecule has 6 heteroatoms. The van der Waals surface area contributed by atoms with Crippen molar-refractivity contribution in [2.75, 3.05) is 5.32 Å². The Bertz CT molecular complexity index is 515. The van der Waals surface area contributed by atoms with Gasteiger partial charge in [0.2, 0.25) is 5.96 Å². The Hall–Kier alpha value is -2.05. The Labute approximate surface area is 111 Å². The first kappa shape index (κ1) is 14.0. The Morgan fingerprint density at radius 1 is 1.50 bits per heavy atom. The number of guanidine groups is 1. The van der Waals surface area contributed by atoms with Crippen LogP contribution in [0.15, 0.2) is 16.4 Å². The number of thiophene rings is 1. The molecular formula is C12H15N5S. The summed E-state index contributed by atoms with van der Waals surface area (Å²) in [5, 5.41) is 25.5. The summed E-state index contributed by atoms with van der Waals surface area (Å²) >= 11 is 1.40. The lowest BCUT2D eigenvalue weighted by Crippen LogP contribution is -2.31. The van der Waals surface area contributed by atoms with E-state index in [4.69, 9.17) is 10.5 Å². The van der Waals surface area contributed by atoms with E-state index in [1.165, 1.54) is 11.3 Å². The maximum absolute atomic E-state index is 8.74. The predicted octanol–water partition coefficient (Wildman–Crippen LogP) is 2.65. The van der Waals surface area contributed by atoms with Crippen molar-refractivity contribution in [2.45, 2.75) is 32.7 Å². The van der Waals surface area contributed by atoms with Gasteiger partial charge >= 0.3 is 0 Å². The fourth-order valence-electron chi connectivity index (χ4n) is 1.10. The molecule has 0 saturated carbocycles. The second-order valence-electron chi connectivity index (χ2n) is 4.30. The first-order valence-corrected chi connectivity index (χ1v) is 6.39. The van der Waals surface area contributed by atoms with Crippen molar-refractivity contribution in [2.24, 2.45) is 4.99 Å². The van der Waals surface area contributed by atoms with Crippen LogP contribution >= 0.6 is 11.3 Å². The molecule has 0 unspecified atom stereocenters. The van der Waals surface area contributed by atoms with Crippen molar-refractivity contribution in [3.05, 3.63) is 17.0 Å². The highest BCUT2D eigenvalue weighted by molar-refractivity contribution is 7.14. The van der Waals surface area contributed by atoms with Gasteiger partial charge in [0.1, 0.15) is 6.07 Å². The second-order valence-corrected chi connectivity index (χ2v) is 5.21. The minimum atomic E-state index is -0.249. The smallest absolute Gasteiger partial charge is 0.210 e. The van der Waals surface area contributed by atoms with E-state index in [-0.39, 0.29) is 5.54 Å². The van der Waals surface area contributed by atoms with Gasteiger partial charge in [0.05, 0.1) is 16.1 Å². The minimum absolute atomic E-state index is 0.249. The summed E-state index contributed by atoms with van der Waals surface area (Å²) in [5.41, 5.74) is 0.343. The molecule has 0 aliphatic rings. The van der Waals surface area contributed by atoms with Crippen molar-refractivity contribution >= 4 is 22.3 Å². The number of nitrogens with zero attached hydrogens (tertiary/aromatic N) is 3. The van der Waals surface area contributed by atoms with E-state index >= 15 is 0 Å². The monoisotopic (exact) mass is 261 g/mol. The lowest BCUT2D eigenvalue weighted by Gasteiger charge is -2.19. The minimum Gasteiger partial charge on any atom is -0.317 e. The van der Waals surface area contributed by atoms with Crippen LogP contribution in [0.5, 0.6) is 0 Å². The van der Waals surface area contributed by atoms with Crippen LogP contribution < -0.4 is 10.6 Å². The van der Waals surface area contributed by atoms with E-state index in [1.54, 1.807) is 11.4 Å².